The van der Waals surface area contributed by atoms with Gasteiger partial charge < -0.3 is 20.8 Å². The van der Waals surface area contributed by atoms with E-state index in [1.165, 1.54) is 12.4 Å². The van der Waals surface area contributed by atoms with E-state index in [0.29, 0.717) is 28.5 Å². The fourth-order valence-electron chi connectivity index (χ4n) is 3.19. The first-order chi connectivity index (χ1) is 15.4. The van der Waals surface area contributed by atoms with Crippen LogP contribution in [0.15, 0.2) is 36.8 Å². The summed E-state index contributed by atoms with van der Waals surface area (Å²) in [7, 11) is 0. The molecule has 0 aliphatic rings. The third-order valence-electron chi connectivity index (χ3n) is 5.04. The van der Waals surface area contributed by atoms with Crippen LogP contribution in [0.2, 0.25) is 5.02 Å². The number of rotatable bonds is 8. The summed E-state index contributed by atoms with van der Waals surface area (Å²) in [5, 5.41) is 25.5. The Balaban J connectivity index is 1.67. The van der Waals surface area contributed by atoms with Gasteiger partial charge in [0, 0.05) is 47.5 Å². The lowest BCUT2D eigenvalue weighted by Gasteiger charge is -2.22. The van der Waals surface area contributed by atoms with Crippen LogP contribution in [0.4, 0.5) is 5.82 Å². The highest BCUT2D eigenvalue weighted by molar-refractivity contribution is 6.31. The van der Waals surface area contributed by atoms with Crippen molar-refractivity contribution in [2.75, 3.05) is 31.9 Å². The van der Waals surface area contributed by atoms with Crippen molar-refractivity contribution in [1.29, 1.82) is 0 Å². The second-order valence-electron chi connectivity index (χ2n) is 7.28. The van der Waals surface area contributed by atoms with Crippen LogP contribution in [0, 0.1) is 11.8 Å². The Morgan fingerprint density at radius 3 is 2.50 bits per heavy atom. The van der Waals surface area contributed by atoms with Gasteiger partial charge in [0.25, 0.3) is 0 Å². The van der Waals surface area contributed by atoms with Crippen molar-refractivity contribution in [2.24, 2.45) is 0 Å². The van der Waals surface area contributed by atoms with Crippen LogP contribution in [-0.4, -0.2) is 62.3 Å². The van der Waals surface area contributed by atoms with Gasteiger partial charge in [-0.1, -0.05) is 43.4 Å². The first-order valence-corrected chi connectivity index (χ1v) is 10.8. The number of pyridine rings is 1. The summed E-state index contributed by atoms with van der Waals surface area (Å²) in [4.78, 5) is 14.6. The minimum absolute atomic E-state index is 0.198. The molecule has 0 fully saturated rings. The van der Waals surface area contributed by atoms with Gasteiger partial charge in [-0.15, -0.1) is 0 Å². The number of aromatic nitrogens is 3. The molecule has 0 spiro atoms. The second-order valence-corrected chi connectivity index (χ2v) is 7.72. The molecule has 9 heteroatoms. The number of likely N-dealkylation sites (N-methyl/N-ethyl adjacent to an activating group) is 1. The molecule has 0 radical (unpaired) electrons. The van der Waals surface area contributed by atoms with Crippen LogP contribution in [0.5, 0.6) is 0 Å². The molecule has 1 aromatic carbocycles. The predicted molar refractivity (Wildman–Crippen MR) is 126 cm³/mol. The van der Waals surface area contributed by atoms with Gasteiger partial charge in [0.1, 0.15) is 5.82 Å². The normalized spacial score (nSPS) is 13.1. The number of nitrogen functional groups attached to an aromatic ring is 1. The summed E-state index contributed by atoms with van der Waals surface area (Å²) >= 11 is 6.11. The van der Waals surface area contributed by atoms with E-state index in [9.17, 15) is 10.2 Å². The van der Waals surface area contributed by atoms with Gasteiger partial charge in [-0.25, -0.2) is 15.0 Å². The lowest BCUT2D eigenvalue weighted by molar-refractivity contribution is 0.0770. The molecule has 0 amide bonds. The van der Waals surface area contributed by atoms with Gasteiger partial charge in [0.05, 0.1) is 17.2 Å². The largest absolute Gasteiger partial charge is 0.390 e. The fourth-order valence-corrected chi connectivity index (χ4v) is 3.36. The van der Waals surface area contributed by atoms with Crippen molar-refractivity contribution >= 4 is 28.2 Å². The molecule has 2 atom stereocenters. The van der Waals surface area contributed by atoms with E-state index in [1.54, 1.807) is 18.3 Å². The summed E-state index contributed by atoms with van der Waals surface area (Å²) in [6, 6.07) is 5.45. The van der Waals surface area contributed by atoms with Crippen LogP contribution in [-0.2, 0) is 0 Å². The smallest absolute Gasteiger partial charge is 0.172 e. The highest BCUT2D eigenvalue weighted by atomic mass is 35.5. The first-order valence-electron chi connectivity index (χ1n) is 10.4. The third-order valence-corrected chi connectivity index (χ3v) is 5.28. The van der Waals surface area contributed by atoms with Gasteiger partial charge in [-0.2, -0.15) is 0 Å². The zero-order valence-electron chi connectivity index (χ0n) is 18.1. The van der Waals surface area contributed by atoms with Crippen LogP contribution in [0.3, 0.4) is 0 Å². The van der Waals surface area contributed by atoms with E-state index in [-0.39, 0.29) is 12.4 Å². The molecule has 0 aliphatic carbocycles. The minimum Gasteiger partial charge on any atom is -0.390 e. The monoisotopic (exact) mass is 454 g/mol. The highest BCUT2D eigenvalue weighted by Gasteiger charge is 2.14. The van der Waals surface area contributed by atoms with Crippen molar-refractivity contribution < 1.29 is 10.2 Å². The number of nitrogens with zero attached hydrogens (tertiary/aromatic N) is 4. The lowest BCUT2D eigenvalue weighted by Crippen LogP contribution is -2.39. The summed E-state index contributed by atoms with van der Waals surface area (Å²) in [6.07, 6.45) is 3.02. The lowest BCUT2D eigenvalue weighted by atomic mass is 10.1. The number of halogens is 1. The van der Waals surface area contributed by atoms with Gasteiger partial charge in [-0.3, -0.25) is 5.32 Å². The molecule has 0 bridgehead atoms. The Labute approximate surface area is 192 Å². The highest BCUT2D eigenvalue weighted by Crippen LogP contribution is 2.24. The number of anilines is 1. The molecule has 32 heavy (non-hydrogen) atoms. The molecule has 5 N–H and O–H groups in total. The average Bonchev–Trinajstić information content (AvgIpc) is 2.80. The number of aliphatic hydroxyl groups excluding tert-OH is 2. The first kappa shape index (κ1) is 23.9. The Kier molecular flexibility index (Phi) is 8.33. The quantitative estimate of drug-likeness (QED) is 0.301. The summed E-state index contributed by atoms with van der Waals surface area (Å²) in [6.45, 7) is 6.54. The zero-order chi connectivity index (χ0) is 23.1. The molecule has 0 saturated heterocycles. The van der Waals surface area contributed by atoms with E-state index in [4.69, 9.17) is 17.3 Å². The SMILES string of the molecule is CCN(CC)CC(O)CNC(O)c1ncc(C#Cc2c(N)ncc3ccc(Cl)cc23)cn1. The molecule has 3 aromatic rings. The molecule has 2 heterocycles. The van der Waals surface area contributed by atoms with E-state index >= 15 is 0 Å². The maximum absolute atomic E-state index is 10.3. The topological polar surface area (TPSA) is 120 Å². The number of hydrogen-bond acceptors (Lipinski definition) is 8. The second kappa shape index (κ2) is 11.2. The van der Waals surface area contributed by atoms with Crippen molar-refractivity contribution in [1.82, 2.24) is 25.2 Å². The number of nitrogens with two attached hydrogens (primary N) is 1. The standard InChI is InChI=1S/C23H27ClN6O2/c1-3-30(4-2)14-18(31)13-29-23(32)22-27-10-15(11-28-22)5-8-19-20-9-17(24)7-6-16(20)12-26-21(19)25/h6-7,9-12,18,23,29,31-32H,3-4,13-14H2,1-2H3,(H2,25,26). The number of nitrogens with one attached hydrogen (secondary N) is 1. The summed E-state index contributed by atoms with van der Waals surface area (Å²) in [5.74, 6) is 6.51. The number of hydrogen-bond donors (Lipinski definition) is 4. The molecule has 3 rings (SSSR count). The van der Waals surface area contributed by atoms with Crippen LogP contribution in [0.1, 0.15) is 37.0 Å². The molecule has 0 saturated carbocycles. The van der Waals surface area contributed by atoms with Crippen LogP contribution in [0.25, 0.3) is 10.8 Å². The Hall–Kier alpha value is -2.80. The van der Waals surface area contributed by atoms with Crippen LogP contribution < -0.4 is 11.1 Å². The third kappa shape index (κ3) is 6.13. The number of fused-ring (bicyclic) bond motifs is 1. The van der Waals surface area contributed by atoms with E-state index in [0.717, 1.165) is 23.9 Å². The van der Waals surface area contributed by atoms with Crippen molar-refractivity contribution in [3.05, 3.63) is 58.8 Å². The van der Waals surface area contributed by atoms with E-state index in [1.807, 2.05) is 19.9 Å². The molecule has 8 nitrogen and oxygen atoms in total. The van der Waals surface area contributed by atoms with E-state index < -0.39 is 12.3 Å². The molecule has 168 valence electrons. The molecule has 2 aromatic heterocycles. The Bertz CT molecular complexity index is 1100. The fraction of sp³-hybridized carbons (Fsp3) is 0.348. The van der Waals surface area contributed by atoms with Crippen molar-refractivity contribution in [3.63, 3.8) is 0 Å². The van der Waals surface area contributed by atoms with Gasteiger partial charge in [0.15, 0.2) is 12.1 Å². The minimum atomic E-state index is -1.09. The van der Waals surface area contributed by atoms with Gasteiger partial charge in [0.2, 0.25) is 0 Å². The summed E-state index contributed by atoms with van der Waals surface area (Å²) < 4.78 is 0. The van der Waals surface area contributed by atoms with Crippen molar-refractivity contribution in [3.8, 4) is 11.8 Å². The molecular weight excluding hydrogens is 428 g/mol. The molecule has 2 unspecified atom stereocenters. The average molecular weight is 455 g/mol. The molecular formula is C23H27ClN6O2. The van der Waals surface area contributed by atoms with Crippen LogP contribution >= 0.6 is 11.6 Å². The van der Waals surface area contributed by atoms with Crippen molar-refractivity contribution in [2.45, 2.75) is 26.2 Å². The predicted octanol–water partition coefficient (Wildman–Crippen LogP) is 1.94. The molecule has 0 aliphatic heterocycles. The Morgan fingerprint density at radius 1 is 1.09 bits per heavy atom. The van der Waals surface area contributed by atoms with Gasteiger partial charge in [-0.05, 0) is 25.2 Å². The number of benzene rings is 1. The van der Waals surface area contributed by atoms with E-state index in [2.05, 4.69) is 37.0 Å². The number of aliphatic hydroxyl groups is 2. The zero-order valence-corrected chi connectivity index (χ0v) is 18.8. The maximum Gasteiger partial charge on any atom is 0.172 e. The van der Waals surface area contributed by atoms with Gasteiger partial charge >= 0.3 is 0 Å². The maximum atomic E-state index is 10.3. The Morgan fingerprint density at radius 2 is 1.81 bits per heavy atom. The summed E-state index contributed by atoms with van der Waals surface area (Å²) in [5.41, 5.74) is 7.16.